The monoisotopic (exact) mass is 410 g/mol. The molecule has 3 rings (SSSR count). The average molecular weight is 410 g/mol. The molecule has 0 bridgehead atoms. The number of nitrogens with one attached hydrogen (secondary N) is 1. The number of nitrogens with zero attached hydrogens (tertiary/aromatic N) is 1. The quantitative estimate of drug-likeness (QED) is 0.478. The molecule has 0 fully saturated rings. The molecular weight excluding hydrogens is 384 g/mol. The van der Waals surface area contributed by atoms with Crippen molar-refractivity contribution in [1.29, 1.82) is 0 Å². The van der Waals surface area contributed by atoms with Gasteiger partial charge in [-0.25, -0.2) is 0 Å². The Balaban J connectivity index is 1.94. The van der Waals surface area contributed by atoms with Crippen LogP contribution in [0.4, 0.5) is 5.69 Å². The Labute approximate surface area is 176 Å². The lowest BCUT2D eigenvalue weighted by atomic mass is 10.0. The third kappa shape index (κ3) is 4.63. The maximum absolute atomic E-state index is 13.1. The maximum atomic E-state index is 13.1. The van der Waals surface area contributed by atoms with Crippen molar-refractivity contribution in [3.05, 3.63) is 59.8 Å². The van der Waals surface area contributed by atoms with Crippen molar-refractivity contribution >= 4 is 23.1 Å². The van der Waals surface area contributed by atoms with Gasteiger partial charge in [-0.15, -0.1) is 0 Å². The molecule has 2 aromatic carbocycles. The van der Waals surface area contributed by atoms with Crippen molar-refractivity contribution < 1.29 is 23.8 Å². The Morgan fingerprint density at radius 2 is 1.57 bits per heavy atom. The van der Waals surface area contributed by atoms with Gasteiger partial charge in [-0.05, 0) is 55.3 Å². The first-order valence-electron chi connectivity index (χ1n) is 9.82. The zero-order chi connectivity index (χ0) is 21.5. The fourth-order valence-corrected chi connectivity index (χ4v) is 3.23. The summed E-state index contributed by atoms with van der Waals surface area (Å²) in [5.74, 6) is 0.739. The van der Waals surface area contributed by atoms with Crippen LogP contribution in [-0.4, -0.2) is 50.7 Å². The lowest BCUT2D eigenvalue weighted by Crippen LogP contribution is -2.33. The fourth-order valence-electron chi connectivity index (χ4n) is 3.23. The molecule has 0 saturated heterocycles. The van der Waals surface area contributed by atoms with Crippen LogP contribution in [0.5, 0.6) is 11.5 Å². The number of carbonyl (C=O) groups is 2. The Morgan fingerprint density at radius 3 is 2.17 bits per heavy atom. The van der Waals surface area contributed by atoms with Crippen molar-refractivity contribution in [1.82, 2.24) is 4.90 Å². The number of methoxy groups -OCH3 is 2. The topological polar surface area (TPSA) is 77.1 Å². The molecule has 0 aliphatic carbocycles. The summed E-state index contributed by atoms with van der Waals surface area (Å²) >= 11 is 0. The molecule has 2 amide bonds. The summed E-state index contributed by atoms with van der Waals surface area (Å²) < 4.78 is 15.7. The Hall–Kier alpha value is -3.32. The molecule has 1 aliphatic heterocycles. The third-order valence-corrected chi connectivity index (χ3v) is 4.71. The van der Waals surface area contributed by atoms with E-state index >= 15 is 0 Å². The molecule has 0 radical (unpaired) electrons. The summed E-state index contributed by atoms with van der Waals surface area (Å²) in [5.41, 5.74) is 1.94. The van der Waals surface area contributed by atoms with Crippen LogP contribution >= 0.6 is 0 Å². The summed E-state index contributed by atoms with van der Waals surface area (Å²) in [6.45, 7) is 3.22. The van der Waals surface area contributed by atoms with Crippen LogP contribution in [0.25, 0.3) is 5.57 Å². The minimum atomic E-state index is -0.351. The second kappa shape index (κ2) is 9.93. The van der Waals surface area contributed by atoms with Crippen molar-refractivity contribution in [3.63, 3.8) is 0 Å². The molecule has 0 atom stereocenters. The van der Waals surface area contributed by atoms with Crippen molar-refractivity contribution in [2.45, 2.75) is 13.3 Å². The van der Waals surface area contributed by atoms with Gasteiger partial charge in [0, 0.05) is 25.9 Å². The first kappa shape index (κ1) is 21.4. The molecular formula is C23H26N2O5. The Bertz CT molecular complexity index is 920. The van der Waals surface area contributed by atoms with Crippen LogP contribution < -0.4 is 14.8 Å². The standard InChI is InChI=1S/C23H26N2O5/c1-4-30-19-10-6-16(7-11-19)20-21(24-17-8-12-18(29-3)13-9-17)23(27)25(22(20)26)14-5-15-28-2/h6-13,24H,4-5,14-15H2,1-3H3. The van der Waals surface area contributed by atoms with E-state index in [2.05, 4.69) is 5.32 Å². The SMILES string of the molecule is CCOc1ccc(C2=C(Nc3ccc(OC)cc3)C(=O)N(CCCOC)C2=O)cc1. The van der Waals surface area contributed by atoms with Gasteiger partial charge in [-0.3, -0.25) is 14.5 Å². The largest absolute Gasteiger partial charge is 0.497 e. The van der Waals surface area contributed by atoms with Gasteiger partial charge in [0.05, 0.1) is 19.3 Å². The van der Waals surface area contributed by atoms with Crippen LogP contribution in [0.3, 0.4) is 0 Å². The average Bonchev–Trinajstić information content (AvgIpc) is 2.99. The van der Waals surface area contributed by atoms with Gasteiger partial charge in [-0.2, -0.15) is 0 Å². The van der Waals surface area contributed by atoms with Gasteiger partial charge < -0.3 is 19.5 Å². The van der Waals surface area contributed by atoms with E-state index in [0.717, 1.165) is 0 Å². The molecule has 1 aliphatic rings. The summed E-state index contributed by atoms with van der Waals surface area (Å²) in [6, 6.07) is 14.3. The summed E-state index contributed by atoms with van der Waals surface area (Å²) in [6.07, 6.45) is 0.570. The first-order valence-corrected chi connectivity index (χ1v) is 9.82. The van der Waals surface area contributed by atoms with Gasteiger partial charge in [0.15, 0.2) is 0 Å². The van der Waals surface area contributed by atoms with Crippen molar-refractivity contribution in [2.24, 2.45) is 0 Å². The van der Waals surface area contributed by atoms with Crippen molar-refractivity contribution in [2.75, 3.05) is 39.3 Å². The summed E-state index contributed by atoms with van der Waals surface area (Å²) in [5, 5.41) is 3.13. The van der Waals surface area contributed by atoms with E-state index in [4.69, 9.17) is 14.2 Å². The summed E-state index contributed by atoms with van der Waals surface area (Å²) in [7, 11) is 3.18. The van der Waals surface area contributed by atoms with Gasteiger partial charge in [0.2, 0.25) is 0 Å². The predicted octanol–water partition coefficient (Wildman–Crippen LogP) is 3.32. The highest BCUT2D eigenvalue weighted by atomic mass is 16.5. The maximum Gasteiger partial charge on any atom is 0.278 e. The molecule has 7 heteroatoms. The number of carbonyl (C=O) groups excluding carboxylic acids is 2. The number of benzene rings is 2. The molecule has 1 heterocycles. The number of ether oxygens (including phenoxy) is 3. The minimum Gasteiger partial charge on any atom is -0.497 e. The van der Waals surface area contributed by atoms with Crippen LogP contribution in [-0.2, 0) is 14.3 Å². The number of anilines is 1. The van der Waals surface area contributed by atoms with Crippen LogP contribution in [0.2, 0.25) is 0 Å². The van der Waals surface area contributed by atoms with Crippen LogP contribution in [0.1, 0.15) is 18.9 Å². The van der Waals surface area contributed by atoms with Gasteiger partial charge in [0.1, 0.15) is 17.2 Å². The molecule has 0 unspecified atom stereocenters. The molecule has 30 heavy (non-hydrogen) atoms. The second-order valence-corrected chi connectivity index (χ2v) is 6.67. The molecule has 1 N–H and O–H groups in total. The minimum absolute atomic E-state index is 0.256. The number of amides is 2. The predicted molar refractivity (Wildman–Crippen MR) is 114 cm³/mol. The smallest absolute Gasteiger partial charge is 0.278 e. The van der Waals surface area contributed by atoms with Gasteiger partial charge >= 0.3 is 0 Å². The molecule has 0 spiro atoms. The van der Waals surface area contributed by atoms with E-state index in [9.17, 15) is 9.59 Å². The van der Waals surface area contributed by atoms with E-state index in [0.29, 0.717) is 54.5 Å². The van der Waals surface area contributed by atoms with Crippen molar-refractivity contribution in [3.8, 4) is 11.5 Å². The van der Waals surface area contributed by atoms with E-state index in [1.807, 2.05) is 6.92 Å². The molecule has 158 valence electrons. The zero-order valence-electron chi connectivity index (χ0n) is 17.4. The highest BCUT2D eigenvalue weighted by molar-refractivity contribution is 6.36. The Morgan fingerprint density at radius 1 is 0.900 bits per heavy atom. The molecule has 0 aromatic heterocycles. The highest BCUT2D eigenvalue weighted by Crippen LogP contribution is 2.32. The van der Waals surface area contributed by atoms with E-state index in [1.165, 1.54) is 4.90 Å². The van der Waals surface area contributed by atoms with Crippen LogP contribution in [0, 0.1) is 0 Å². The van der Waals surface area contributed by atoms with E-state index < -0.39 is 0 Å². The molecule has 2 aromatic rings. The van der Waals surface area contributed by atoms with E-state index in [1.54, 1.807) is 62.8 Å². The Kier molecular flexibility index (Phi) is 7.08. The lowest BCUT2D eigenvalue weighted by molar-refractivity contribution is -0.136. The third-order valence-electron chi connectivity index (χ3n) is 4.71. The molecule has 7 nitrogen and oxygen atoms in total. The van der Waals surface area contributed by atoms with Crippen LogP contribution in [0.15, 0.2) is 54.2 Å². The number of imide groups is 1. The fraction of sp³-hybridized carbons (Fsp3) is 0.304. The van der Waals surface area contributed by atoms with Gasteiger partial charge in [-0.1, -0.05) is 12.1 Å². The lowest BCUT2D eigenvalue weighted by Gasteiger charge is -2.15. The zero-order valence-corrected chi connectivity index (χ0v) is 17.4. The first-order chi connectivity index (χ1) is 14.6. The number of hydrogen-bond donors (Lipinski definition) is 1. The normalized spacial score (nSPS) is 13.8. The second-order valence-electron chi connectivity index (χ2n) is 6.67. The van der Waals surface area contributed by atoms with Gasteiger partial charge in [0.25, 0.3) is 11.8 Å². The molecule has 0 saturated carbocycles. The summed E-state index contributed by atoms with van der Waals surface area (Å²) in [4.78, 5) is 27.5. The number of rotatable bonds is 10. The van der Waals surface area contributed by atoms with E-state index in [-0.39, 0.29) is 17.5 Å². The number of hydrogen-bond acceptors (Lipinski definition) is 6. The highest BCUT2D eigenvalue weighted by Gasteiger charge is 2.38.